The zero-order valence-electron chi connectivity index (χ0n) is 13.3. The average molecular weight is 370 g/mol. The molecular weight excluding hydrogens is 356 g/mol. The van der Waals surface area contributed by atoms with Gasteiger partial charge in [0, 0.05) is 29.9 Å². The van der Waals surface area contributed by atoms with Gasteiger partial charge in [0.1, 0.15) is 11.9 Å². The SMILES string of the molecule is O=C(Nc1ccc(F)c(C(F)(F)F)c1)c1ccnc(O[C@H]2CCOC2)c1. The lowest BCUT2D eigenvalue weighted by molar-refractivity contribution is -0.139. The van der Waals surface area contributed by atoms with Crippen LogP contribution in [-0.4, -0.2) is 30.2 Å². The molecule has 2 aromatic rings. The van der Waals surface area contributed by atoms with Crippen molar-refractivity contribution in [3.05, 3.63) is 53.5 Å². The fourth-order valence-electron chi connectivity index (χ4n) is 2.42. The molecule has 1 atom stereocenters. The molecule has 0 aliphatic carbocycles. The van der Waals surface area contributed by atoms with E-state index < -0.39 is 23.5 Å². The number of carbonyl (C=O) groups excluding carboxylic acids is 1. The van der Waals surface area contributed by atoms with Gasteiger partial charge < -0.3 is 14.8 Å². The third kappa shape index (κ3) is 4.29. The minimum atomic E-state index is -4.86. The van der Waals surface area contributed by atoms with Gasteiger partial charge in [-0.2, -0.15) is 13.2 Å². The van der Waals surface area contributed by atoms with Crippen LogP contribution in [0.2, 0.25) is 0 Å². The van der Waals surface area contributed by atoms with E-state index in [1.165, 1.54) is 18.3 Å². The lowest BCUT2D eigenvalue weighted by Gasteiger charge is -2.12. The van der Waals surface area contributed by atoms with Gasteiger partial charge in [-0.15, -0.1) is 0 Å². The summed E-state index contributed by atoms with van der Waals surface area (Å²) in [6, 6.07) is 5.02. The summed E-state index contributed by atoms with van der Waals surface area (Å²) in [6.45, 7) is 1.00. The van der Waals surface area contributed by atoms with Gasteiger partial charge in [-0.1, -0.05) is 0 Å². The molecule has 3 rings (SSSR count). The van der Waals surface area contributed by atoms with Gasteiger partial charge in [0.2, 0.25) is 5.88 Å². The standard InChI is InChI=1S/C17H14F4N2O3/c18-14-2-1-11(8-13(14)17(19,20)21)23-16(24)10-3-5-22-15(7-10)26-12-4-6-25-9-12/h1-3,5,7-8,12H,4,6,9H2,(H,23,24)/t12-/m0/s1. The number of aromatic nitrogens is 1. The fourth-order valence-corrected chi connectivity index (χ4v) is 2.42. The average Bonchev–Trinajstić information content (AvgIpc) is 3.09. The lowest BCUT2D eigenvalue weighted by Crippen LogP contribution is -2.18. The zero-order valence-corrected chi connectivity index (χ0v) is 13.3. The number of hydrogen-bond acceptors (Lipinski definition) is 4. The van der Waals surface area contributed by atoms with Crippen LogP contribution < -0.4 is 10.1 Å². The lowest BCUT2D eigenvalue weighted by atomic mass is 10.1. The van der Waals surface area contributed by atoms with E-state index in [0.29, 0.717) is 31.8 Å². The molecule has 9 heteroatoms. The normalized spacial score (nSPS) is 17.2. The molecule has 0 bridgehead atoms. The van der Waals surface area contributed by atoms with Gasteiger partial charge in [-0.25, -0.2) is 9.37 Å². The number of nitrogens with zero attached hydrogens (tertiary/aromatic N) is 1. The van der Waals surface area contributed by atoms with Crippen molar-refractivity contribution in [1.29, 1.82) is 0 Å². The highest BCUT2D eigenvalue weighted by Crippen LogP contribution is 2.33. The van der Waals surface area contributed by atoms with Gasteiger partial charge in [-0.3, -0.25) is 4.79 Å². The molecule has 5 nitrogen and oxygen atoms in total. The third-order valence-corrected chi connectivity index (χ3v) is 3.70. The number of alkyl halides is 3. The first-order valence-corrected chi connectivity index (χ1v) is 7.71. The van der Waals surface area contributed by atoms with Gasteiger partial charge in [0.05, 0.1) is 18.8 Å². The molecule has 26 heavy (non-hydrogen) atoms. The molecule has 0 spiro atoms. The molecule has 1 aromatic carbocycles. The number of rotatable bonds is 4. The molecule has 1 aromatic heterocycles. The van der Waals surface area contributed by atoms with Gasteiger partial charge in [0.25, 0.3) is 5.91 Å². The topological polar surface area (TPSA) is 60.5 Å². The highest BCUT2D eigenvalue weighted by atomic mass is 19.4. The second-order valence-electron chi connectivity index (χ2n) is 5.63. The Kier molecular flexibility index (Phi) is 5.08. The van der Waals surface area contributed by atoms with Crippen molar-refractivity contribution in [2.24, 2.45) is 0 Å². The van der Waals surface area contributed by atoms with Crippen molar-refractivity contribution in [1.82, 2.24) is 4.98 Å². The third-order valence-electron chi connectivity index (χ3n) is 3.70. The number of carbonyl (C=O) groups is 1. The number of pyridine rings is 1. The molecule has 138 valence electrons. The van der Waals surface area contributed by atoms with Crippen LogP contribution in [0.3, 0.4) is 0 Å². The van der Waals surface area contributed by atoms with Crippen molar-refractivity contribution in [3.8, 4) is 5.88 Å². The maximum atomic E-state index is 13.3. The fraction of sp³-hybridized carbons (Fsp3) is 0.294. The Labute approximate surface area is 145 Å². The van der Waals surface area contributed by atoms with E-state index in [9.17, 15) is 22.4 Å². The number of ether oxygens (including phenoxy) is 2. The van der Waals surface area contributed by atoms with Crippen molar-refractivity contribution >= 4 is 11.6 Å². The molecule has 1 fully saturated rings. The van der Waals surface area contributed by atoms with Crippen LogP contribution in [0.1, 0.15) is 22.3 Å². The highest BCUT2D eigenvalue weighted by molar-refractivity contribution is 6.04. The van der Waals surface area contributed by atoms with E-state index in [1.54, 1.807) is 0 Å². The maximum Gasteiger partial charge on any atom is 0.419 e. The summed E-state index contributed by atoms with van der Waals surface area (Å²) in [4.78, 5) is 16.2. The van der Waals surface area contributed by atoms with Crippen LogP contribution in [0.4, 0.5) is 23.2 Å². The minimum Gasteiger partial charge on any atom is -0.472 e. The predicted molar refractivity (Wildman–Crippen MR) is 83.4 cm³/mol. The molecule has 0 saturated carbocycles. The van der Waals surface area contributed by atoms with Gasteiger partial charge >= 0.3 is 6.18 Å². The smallest absolute Gasteiger partial charge is 0.419 e. The quantitative estimate of drug-likeness (QED) is 0.835. The van der Waals surface area contributed by atoms with E-state index in [1.807, 2.05) is 0 Å². The van der Waals surface area contributed by atoms with Crippen LogP contribution in [0.15, 0.2) is 36.5 Å². The van der Waals surface area contributed by atoms with Gasteiger partial charge in [0.15, 0.2) is 0 Å². The number of halogens is 4. The number of anilines is 1. The largest absolute Gasteiger partial charge is 0.472 e. The van der Waals surface area contributed by atoms with Crippen molar-refractivity contribution in [3.63, 3.8) is 0 Å². The second kappa shape index (κ2) is 7.28. The first-order valence-electron chi connectivity index (χ1n) is 7.71. The molecule has 1 aliphatic rings. The number of hydrogen-bond donors (Lipinski definition) is 1. The molecule has 2 heterocycles. The van der Waals surface area contributed by atoms with Crippen molar-refractivity contribution in [2.75, 3.05) is 18.5 Å². The Morgan fingerprint density at radius 2 is 2.08 bits per heavy atom. The summed E-state index contributed by atoms with van der Waals surface area (Å²) in [5.41, 5.74) is -1.48. The minimum absolute atomic E-state index is 0.145. The Morgan fingerprint density at radius 1 is 1.27 bits per heavy atom. The maximum absolute atomic E-state index is 13.3. The van der Waals surface area contributed by atoms with Gasteiger partial charge in [-0.05, 0) is 24.3 Å². The zero-order chi connectivity index (χ0) is 18.7. The molecule has 1 amide bonds. The molecule has 1 aliphatic heterocycles. The Morgan fingerprint density at radius 3 is 2.77 bits per heavy atom. The summed E-state index contributed by atoms with van der Waals surface area (Å²) in [7, 11) is 0. The first kappa shape index (κ1) is 18.1. The first-order chi connectivity index (χ1) is 12.3. The Balaban J connectivity index is 1.74. The number of benzene rings is 1. The van der Waals surface area contributed by atoms with Crippen LogP contribution in [0.5, 0.6) is 5.88 Å². The van der Waals surface area contributed by atoms with E-state index in [4.69, 9.17) is 9.47 Å². The Bertz CT molecular complexity index is 805. The van der Waals surface area contributed by atoms with Crippen LogP contribution in [-0.2, 0) is 10.9 Å². The summed E-state index contributed by atoms with van der Waals surface area (Å²) in [5.74, 6) is -1.86. The van der Waals surface area contributed by atoms with E-state index >= 15 is 0 Å². The summed E-state index contributed by atoms with van der Waals surface area (Å²) >= 11 is 0. The van der Waals surface area contributed by atoms with Crippen LogP contribution in [0.25, 0.3) is 0 Å². The van der Waals surface area contributed by atoms with Crippen molar-refractivity contribution < 1.29 is 31.8 Å². The monoisotopic (exact) mass is 370 g/mol. The van der Waals surface area contributed by atoms with Crippen molar-refractivity contribution in [2.45, 2.75) is 18.7 Å². The van der Waals surface area contributed by atoms with Crippen LogP contribution in [0, 0.1) is 5.82 Å². The predicted octanol–water partition coefficient (Wildman–Crippen LogP) is 3.66. The molecular formula is C17H14F4N2O3. The van der Waals surface area contributed by atoms with Crippen LogP contribution >= 0.6 is 0 Å². The molecule has 1 saturated heterocycles. The molecule has 0 unspecified atom stereocenters. The highest BCUT2D eigenvalue weighted by Gasteiger charge is 2.34. The molecule has 0 radical (unpaired) electrons. The second-order valence-corrected chi connectivity index (χ2v) is 5.63. The summed E-state index contributed by atoms with van der Waals surface area (Å²) in [6.07, 6.45) is -2.96. The van der Waals surface area contributed by atoms with E-state index in [2.05, 4.69) is 10.3 Å². The van der Waals surface area contributed by atoms with E-state index in [0.717, 1.165) is 6.07 Å². The number of nitrogens with one attached hydrogen (secondary N) is 1. The Hall–Kier alpha value is -2.68. The summed E-state index contributed by atoms with van der Waals surface area (Å²) in [5, 5.41) is 2.31. The summed E-state index contributed by atoms with van der Waals surface area (Å²) < 4.78 is 62.3. The number of amides is 1. The van der Waals surface area contributed by atoms with E-state index in [-0.39, 0.29) is 23.2 Å². The molecule has 1 N–H and O–H groups in total.